The molecular formula is C20H20F2N6. The number of nitrogens with zero attached hydrogens (tertiary/aromatic N) is 5. The summed E-state index contributed by atoms with van der Waals surface area (Å²) < 4.78 is 27.0. The molecule has 2 aromatic carbocycles. The molecule has 1 aromatic heterocycles. The standard InChI is InChI=1S/C20H20F2N6/c21-16-7-5-15(6-8-16)13-23-20-25-19(14-24-26-20)28-11-9-27(10-12-28)18-4-2-1-3-17(18)22/h1-8,14H,9-13H2,(H,23,25,26). The maximum Gasteiger partial charge on any atom is 0.244 e. The molecule has 6 nitrogen and oxygen atoms in total. The van der Waals surface area contributed by atoms with Gasteiger partial charge in [0.15, 0.2) is 5.82 Å². The maximum atomic E-state index is 14.0. The molecule has 0 unspecified atom stereocenters. The zero-order chi connectivity index (χ0) is 19.3. The van der Waals surface area contributed by atoms with E-state index in [0.29, 0.717) is 44.4 Å². The van der Waals surface area contributed by atoms with E-state index in [0.717, 1.165) is 11.4 Å². The average Bonchev–Trinajstić information content (AvgIpc) is 2.74. The Morgan fingerprint density at radius 3 is 2.36 bits per heavy atom. The molecular weight excluding hydrogens is 362 g/mol. The molecule has 3 aromatic rings. The predicted octanol–water partition coefficient (Wildman–Crippen LogP) is 3.09. The predicted molar refractivity (Wildman–Crippen MR) is 104 cm³/mol. The smallest absolute Gasteiger partial charge is 0.244 e. The number of aromatic nitrogens is 3. The highest BCUT2D eigenvalue weighted by atomic mass is 19.1. The van der Waals surface area contributed by atoms with Gasteiger partial charge in [-0.15, -0.1) is 5.10 Å². The van der Waals surface area contributed by atoms with Gasteiger partial charge in [-0.25, -0.2) is 8.78 Å². The van der Waals surface area contributed by atoms with Gasteiger partial charge in [0.25, 0.3) is 0 Å². The van der Waals surface area contributed by atoms with Crippen molar-refractivity contribution in [2.75, 3.05) is 41.3 Å². The molecule has 2 heterocycles. The SMILES string of the molecule is Fc1ccc(CNc2nncc(N3CCN(c4ccccc4F)CC3)n2)cc1. The Labute approximate surface area is 161 Å². The highest BCUT2D eigenvalue weighted by Gasteiger charge is 2.20. The van der Waals surface area contributed by atoms with Gasteiger partial charge in [-0.05, 0) is 29.8 Å². The van der Waals surface area contributed by atoms with Crippen LogP contribution in [0.2, 0.25) is 0 Å². The first-order valence-electron chi connectivity index (χ1n) is 9.11. The summed E-state index contributed by atoms with van der Waals surface area (Å²) in [6, 6.07) is 13.1. The van der Waals surface area contributed by atoms with Crippen LogP contribution in [0, 0.1) is 11.6 Å². The van der Waals surface area contributed by atoms with Gasteiger partial charge < -0.3 is 15.1 Å². The fourth-order valence-corrected chi connectivity index (χ4v) is 3.19. The summed E-state index contributed by atoms with van der Waals surface area (Å²) in [5, 5.41) is 11.1. The number of hydrogen-bond acceptors (Lipinski definition) is 6. The molecule has 4 rings (SSSR count). The summed E-state index contributed by atoms with van der Waals surface area (Å²) in [5.41, 5.74) is 1.55. The van der Waals surface area contributed by atoms with E-state index in [9.17, 15) is 8.78 Å². The van der Waals surface area contributed by atoms with Gasteiger partial charge in [-0.3, -0.25) is 0 Å². The van der Waals surface area contributed by atoms with Gasteiger partial charge >= 0.3 is 0 Å². The summed E-state index contributed by atoms with van der Waals surface area (Å²) in [5.74, 6) is 0.674. The third-order valence-electron chi connectivity index (χ3n) is 4.71. The molecule has 1 aliphatic rings. The Kier molecular flexibility index (Phi) is 5.27. The molecule has 0 bridgehead atoms. The van der Waals surface area contributed by atoms with E-state index in [1.807, 2.05) is 11.0 Å². The molecule has 0 spiro atoms. The van der Waals surface area contributed by atoms with Crippen molar-refractivity contribution in [2.45, 2.75) is 6.54 Å². The number of rotatable bonds is 5. The van der Waals surface area contributed by atoms with E-state index >= 15 is 0 Å². The first kappa shape index (κ1) is 18.1. The summed E-state index contributed by atoms with van der Waals surface area (Å²) in [4.78, 5) is 8.66. The Morgan fingerprint density at radius 1 is 0.893 bits per heavy atom. The molecule has 1 fully saturated rings. The van der Waals surface area contributed by atoms with E-state index in [4.69, 9.17) is 0 Å². The molecule has 0 aliphatic carbocycles. The fraction of sp³-hybridized carbons (Fsp3) is 0.250. The molecule has 1 saturated heterocycles. The van der Waals surface area contributed by atoms with Gasteiger partial charge in [0, 0.05) is 32.7 Å². The van der Waals surface area contributed by atoms with Crippen LogP contribution in [0.15, 0.2) is 54.7 Å². The van der Waals surface area contributed by atoms with Gasteiger partial charge in [0.1, 0.15) is 11.6 Å². The lowest BCUT2D eigenvalue weighted by atomic mass is 10.2. The number of para-hydroxylation sites is 1. The van der Waals surface area contributed by atoms with Crippen LogP contribution in [0.25, 0.3) is 0 Å². The first-order chi connectivity index (χ1) is 13.7. The molecule has 0 atom stereocenters. The second-order valence-electron chi connectivity index (χ2n) is 6.54. The molecule has 0 radical (unpaired) electrons. The summed E-state index contributed by atoms with van der Waals surface area (Å²) in [6.45, 7) is 3.30. The number of benzene rings is 2. The van der Waals surface area contributed by atoms with Crippen LogP contribution in [0.1, 0.15) is 5.56 Å². The third-order valence-corrected chi connectivity index (χ3v) is 4.71. The average molecular weight is 382 g/mol. The van der Waals surface area contributed by atoms with Crippen LogP contribution in [-0.4, -0.2) is 41.4 Å². The highest BCUT2D eigenvalue weighted by molar-refractivity contribution is 5.50. The minimum absolute atomic E-state index is 0.202. The summed E-state index contributed by atoms with van der Waals surface area (Å²) >= 11 is 0. The number of piperazine rings is 1. The quantitative estimate of drug-likeness (QED) is 0.732. The molecule has 1 aliphatic heterocycles. The number of anilines is 3. The van der Waals surface area contributed by atoms with Crippen LogP contribution in [0.4, 0.5) is 26.2 Å². The summed E-state index contributed by atoms with van der Waals surface area (Å²) in [7, 11) is 0. The van der Waals surface area contributed by atoms with Crippen molar-refractivity contribution in [1.29, 1.82) is 0 Å². The Hall–Kier alpha value is -3.29. The zero-order valence-electron chi connectivity index (χ0n) is 15.2. The van der Waals surface area contributed by atoms with Crippen LogP contribution in [0.5, 0.6) is 0 Å². The van der Waals surface area contributed by atoms with Crippen molar-refractivity contribution >= 4 is 17.5 Å². The Balaban J connectivity index is 1.37. The van der Waals surface area contributed by atoms with Crippen molar-refractivity contribution < 1.29 is 8.78 Å². The molecule has 0 saturated carbocycles. The molecule has 144 valence electrons. The van der Waals surface area contributed by atoms with E-state index in [1.165, 1.54) is 18.2 Å². The number of nitrogens with one attached hydrogen (secondary N) is 1. The largest absolute Gasteiger partial charge is 0.366 e. The summed E-state index contributed by atoms with van der Waals surface area (Å²) in [6.07, 6.45) is 1.63. The zero-order valence-corrected chi connectivity index (χ0v) is 15.2. The fourth-order valence-electron chi connectivity index (χ4n) is 3.19. The monoisotopic (exact) mass is 382 g/mol. The van der Waals surface area contributed by atoms with Crippen LogP contribution < -0.4 is 15.1 Å². The minimum atomic E-state index is -0.266. The lowest BCUT2D eigenvalue weighted by Gasteiger charge is -2.36. The van der Waals surface area contributed by atoms with Crippen LogP contribution in [0.3, 0.4) is 0 Å². The lowest BCUT2D eigenvalue weighted by Crippen LogP contribution is -2.47. The van der Waals surface area contributed by atoms with Gasteiger partial charge in [0.05, 0.1) is 11.9 Å². The topological polar surface area (TPSA) is 57.2 Å². The number of halogens is 2. The van der Waals surface area contributed by atoms with Crippen LogP contribution >= 0.6 is 0 Å². The second kappa shape index (κ2) is 8.16. The van der Waals surface area contributed by atoms with E-state index in [-0.39, 0.29) is 11.6 Å². The molecule has 1 N–H and O–H groups in total. The van der Waals surface area contributed by atoms with Crippen molar-refractivity contribution in [2.24, 2.45) is 0 Å². The third kappa shape index (κ3) is 4.16. The van der Waals surface area contributed by atoms with Gasteiger partial charge in [-0.1, -0.05) is 24.3 Å². The normalized spacial score (nSPS) is 14.2. The van der Waals surface area contributed by atoms with Crippen molar-refractivity contribution in [1.82, 2.24) is 15.2 Å². The highest BCUT2D eigenvalue weighted by Crippen LogP contribution is 2.22. The van der Waals surface area contributed by atoms with Gasteiger partial charge in [-0.2, -0.15) is 10.1 Å². The first-order valence-corrected chi connectivity index (χ1v) is 9.11. The molecule has 8 heteroatoms. The van der Waals surface area contributed by atoms with Crippen molar-refractivity contribution in [3.63, 3.8) is 0 Å². The molecule has 0 amide bonds. The Bertz CT molecular complexity index is 926. The maximum absolute atomic E-state index is 14.0. The van der Waals surface area contributed by atoms with Crippen molar-refractivity contribution in [3.8, 4) is 0 Å². The van der Waals surface area contributed by atoms with Gasteiger partial charge in [0.2, 0.25) is 5.95 Å². The molecule has 28 heavy (non-hydrogen) atoms. The van der Waals surface area contributed by atoms with E-state index < -0.39 is 0 Å². The van der Waals surface area contributed by atoms with Crippen LogP contribution in [-0.2, 0) is 6.54 Å². The van der Waals surface area contributed by atoms with Crippen molar-refractivity contribution in [3.05, 3.63) is 71.9 Å². The number of hydrogen-bond donors (Lipinski definition) is 1. The minimum Gasteiger partial charge on any atom is -0.366 e. The lowest BCUT2D eigenvalue weighted by molar-refractivity contribution is 0.595. The van der Waals surface area contributed by atoms with E-state index in [1.54, 1.807) is 30.5 Å². The second-order valence-corrected chi connectivity index (χ2v) is 6.54. The Morgan fingerprint density at radius 2 is 1.61 bits per heavy atom. The van der Waals surface area contributed by atoms with E-state index in [2.05, 4.69) is 25.4 Å².